The molecule has 11 heteroatoms. The predicted octanol–water partition coefficient (Wildman–Crippen LogP) is 1.31. The maximum absolute atomic E-state index is 11.2. The van der Waals surface area contributed by atoms with Crippen LogP contribution in [-0.4, -0.2) is 41.1 Å². The van der Waals surface area contributed by atoms with Crippen molar-refractivity contribution in [3.05, 3.63) is 65.5 Å². The zero-order chi connectivity index (χ0) is 21.1. The SMILES string of the molecule is Cc1ccccc1Nc1nc(N)nc(Cn2nnc(-c3ccc(C(N)=O)cc3)n2)n1. The van der Waals surface area contributed by atoms with Gasteiger partial charge >= 0.3 is 0 Å². The number of carbonyl (C=O) groups is 1. The predicted molar refractivity (Wildman–Crippen MR) is 110 cm³/mol. The fourth-order valence-corrected chi connectivity index (χ4v) is 2.73. The first kappa shape index (κ1) is 18.9. The highest BCUT2D eigenvalue weighted by atomic mass is 16.1. The highest BCUT2D eigenvalue weighted by Gasteiger charge is 2.11. The van der Waals surface area contributed by atoms with Gasteiger partial charge in [-0.2, -0.15) is 19.7 Å². The monoisotopic (exact) mass is 402 g/mol. The van der Waals surface area contributed by atoms with Gasteiger partial charge in [0.05, 0.1) is 0 Å². The first-order valence-electron chi connectivity index (χ1n) is 8.99. The van der Waals surface area contributed by atoms with Crippen LogP contribution in [0.15, 0.2) is 48.5 Å². The number of tetrazole rings is 1. The number of anilines is 3. The van der Waals surface area contributed by atoms with Crippen molar-refractivity contribution in [2.45, 2.75) is 13.5 Å². The smallest absolute Gasteiger partial charge is 0.248 e. The second kappa shape index (κ2) is 7.91. The van der Waals surface area contributed by atoms with E-state index in [1.807, 2.05) is 31.2 Å². The van der Waals surface area contributed by atoms with E-state index in [4.69, 9.17) is 11.5 Å². The zero-order valence-electron chi connectivity index (χ0n) is 16.0. The summed E-state index contributed by atoms with van der Waals surface area (Å²) >= 11 is 0. The average Bonchev–Trinajstić information content (AvgIpc) is 3.18. The fourth-order valence-electron chi connectivity index (χ4n) is 2.73. The number of para-hydroxylation sites is 1. The second-order valence-electron chi connectivity index (χ2n) is 6.46. The van der Waals surface area contributed by atoms with E-state index < -0.39 is 5.91 Å². The van der Waals surface area contributed by atoms with Crippen molar-refractivity contribution in [2.75, 3.05) is 11.1 Å². The molecular formula is C19H18N10O. The molecule has 1 amide bonds. The normalized spacial score (nSPS) is 10.7. The lowest BCUT2D eigenvalue weighted by molar-refractivity contribution is 0.100. The lowest BCUT2D eigenvalue weighted by Crippen LogP contribution is -2.12. The van der Waals surface area contributed by atoms with Crippen LogP contribution in [0.1, 0.15) is 21.7 Å². The van der Waals surface area contributed by atoms with Gasteiger partial charge in [-0.05, 0) is 35.9 Å². The third-order valence-corrected chi connectivity index (χ3v) is 4.25. The molecule has 2 aromatic heterocycles. The number of hydrogen-bond acceptors (Lipinski definition) is 9. The van der Waals surface area contributed by atoms with Gasteiger partial charge in [0.25, 0.3) is 0 Å². The Hall–Kier alpha value is -4.41. The lowest BCUT2D eigenvalue weighted by atomic mass is 10.1. The highest BCUT2D eigenvalue weighted by molar-refractivity contribution is 5.93. The summed E-state index contributed by atoms with van der Waals surface area (Å²) in [5.74, 6) is 0.686. The Morgan fingerprint density at radius 3 is 2.57 bits per heavy atom. The lowest BCUT2D eigenvalue weighted by Gasteiger charge is -2.09. The van der Waals surface area contributed by atoms with Gasteiger partial charge in [0, 0.05) is 16.8 Å². The van der Waals surface area contributed by atoms with E-state index in [2.05, 4.69) is 35.7 Å². The van der Waals surface area contributed by atoms with Gasteiger partial charge in [-0.1, -0.05) is 30.3 Å². The minimum atomic E-state index is -0.499. The molecule has 0 aliphatic carbocycles. The number of nitrogens with two attached hydrogens (primary N) is 2. The number of nitrogens with one attached hydrogen (secondary N) is 1. The first-order chi connectivity index (χ1) is 14.5. The molecule has 0 bridgehead atoms. The molecule has 4 aromatic rings. The van der Waals surface area contributed by atoms with E-state index in [1.54, 1.807) is 24.3 Å². The van der Waals surface area contributed by atoms with Gasteiger partial charge in [0.2, 0.25) is 23.6 Å². The number of nitrogen functional groups attached to an aromatic ring is 1. The molecular weight excluding hydrogens is 384 g/mol. The second-order valence-corrected chi connectivity index (χ2v) is 6.46. The molecule has 4 rings (SSSR count). The van der Waals surface area contributed by atoms with E-state index in [0.29, 0.717) is 28.7 Å². The number of primary amides is 1. The van der Waals surface area contributed by atoms with Gasteiger partial charge < -0.3 is 16.8 Å². The standard InChI is InChI=1S/C19H18N10O/c1-11-4-2-3-5-14(11)22-19-24-15(23-18(21)25-19)10-29-27-17(26-28-29)13-8-6-12(7-9-13)16(20)30/h2-9H,10H2,1H3,(H2,20,30)(H3,21,22,23,24,25). The van der Waals surface area contributed by atoms with Gasteiger partial charge in [-0.25, -0.2) is 0 Å². The number of nitrogens with zero attached hydrogens (tertiary/aromatic N) is 7. The molecule has 30 heavy (non-hydrogen) atoms. The van der Waals surface area contributed by atoms with Crippen LogP contribution < -0.4 is 16.8 Å². The molecule has 0 spiro atoms. The molecule has 0 saturated heterocycles. The molecule has 0 aliphatic heterocycles. The third kappa shape index (κ3) is 4.19. The van der Waals surface area contributed by atoms with Crippen LogP contribution >= 0.6 is 0 Å². The van der Waals surface area contributed by atoms with Crippen LogP contribution in [0.5, 0.6) is 0 Å². The van der Waals surface area contributed by atoms with Crippen LogP contribution in [0.3, 0.4) is 0 Å². The van der Waals surface area contributed by atoms with Crippen LogP contribution in [-0.2, 0) is 6.54 Å². The number of amides is 1. The molecule has 0 aliphatic rings. The Morgan fingerprint density at radius 1 is 1.07 bits per heavy atom. The van der Waals surface area contributed by atoms with E-state index in [-0.39, 0.29) is 12.5 Å². The van der Waals surface area contributed by atoms with Crippen LogP contribution in [0.4, 0.5) is 17.6 Å². The third-order valence-electron chi connectivity index (χ3n) is 4.25. The molecule has 0 atom stereocenters. The van der Waals surface area contributed by atoms with Crippen molar-refractivity contribution >= 4 is 23.5 Å². The van der Waals surface area contributed by atoms with Crippen molar-refractivity contribution in [1.29, 1.82) is 0 Å². The van der Waals surface area contributed by atoms with Gasteiger partial charge in [-0.15, -0.1) is 10.2 Å². The molecule has 2 heterocycles. The Morgan fingerprint density at radius 2 is 1.83 bits per heavy atom. The molecule has 0 fully saturated rings. The summed E-state index contributed by atoms with van der Waals surface area (Å²) in [5, 5.41) is 15.5. The Labute approximate surface area is 171 Å². The molecule has 11 nitrogen and oxygen atoms in total. The number of hydrogen-bond donors (Lipinski definition) is 3. The maximum atomic E-state index is 11.2. The van der Waals surface area contributed by atoms with Crippen molar-refractivity contribution in [3.63, 3.8) is 0 Å². The van der Waals surface area contributed by atoms with Gasteiger partial charge in [0.1, 0.15) is 6.54 Å². The largest absolute Gasteiger partial charge is 0.368 e. The van der Waals surface area contributed by atoms with Crippen molar-refractivity contribution in [1.82, 2.24) is 35.2 Å². The van der Waals surface area contributed by atoms with Gasteiger partial charge in [0.15, 0.2) is 5.82 Å². The van der Waals surface area contributed by atoms with Crippen molar-refractivity contribution in [3.8, 4) is 11.4 Å². The molecule has 0 unspecified atom stereocenters. The summed E-state index contributed by atoms with van der Waals surface area (Å²) in [6, 6.07) is 14.4. The average molecular weight is 402 g/mol. The Balaban J connectivity index is 1.53. The highest BCUT2D eigenvalue weighted by Crippen LogP contribution is 2.18. The summed E-state index contributed by atoms with van der Waals surface area (Å²) in [6.45, 7) is 2.13. The topological polar surface area (TPSA) is 163 Å². The van der Waals surface area contributed by atoms with E-state index in [9.17, 15) is 4.79 Å². The Kier molecular flexibility index (Phi) is 4.99. The molecule has 150 valence electrons. The molecule has 0 radical (unpaired) electrons. The van der Waals surface area contributed by atoms with Crippen LogP contribution in [0, 0.1) is 6.92 Å². The van der Waals surface area contributed by atoms with Crippen LogP contribution in [0.2, 0.25) is 0 Å². The van der Waals surface area contributed by atoms with Crippen molar-refractivity contribution in [2.24, 2.45) is 5.73 Å². The van der Waals surface area contributed by atoms with Crippen LogP contribution in [0.25, 0.3) is 11.4 Å². The summed E-state index contributed by atoms with van der Waals surface area (Å²) in [5.41, 5.74) is 14.1. The molecule has 2 aromatic carbocycles. The first-order valence-corrected chi connectivity index (χ1v) is 8.99. The number of aryl methyl sites for hydroxylation is 1. The molecule has 5 N–H and O–H groups in total. The number of carbonyl (C=O) groups excluding carboxylic acids is 1. The minimum Gasteiger partial charge on any atom is -0.368 e. The van der Waals surface area contributed by atoms with E-state index in [0.717, 1.165) is 11.3 Å². The Bertz CT molecular complexity index is 1200. The summed E-state index contributed by atoms with van der Waals surface area (Å²) < 4.78 is 0. The fraction of sp³-hybridized carbons (Fsp3) is 0.105. The summed E-state index contributed by atoms with van der Waals surface area (Å²) in [7, 11) is 0. The maximum Gasteiger partial charge on any atom is 0.248 e. The van der Waals surface area contributed by atoms with E-state index in [1.165, 1.54) is 4.80 Å². The number of rotatable bonds is 6. The number of aromatic nitrogens is 7. The minimum absolute atomic E-state index is 0.0819. The summed E-state index contributed by atoms with van der Waals surface area (Å²) in [4.78, 5) is 25.2. The number of benzene rings is 2. The zero-order valence-corrected chi connectivity index (χ0v) is 16.0. The van der Waals surface area contributed by atoms with Crippen molar-refractivity contribution < 1.29 is 4.79 Å². The summed E-state index contributed by atoms with van der Waals surface area (Å²) in [6.07, 6.45) is 0. The quantitative estimate of drug-likeness (QED) is 0.431. The van der Waals surface area contributed by atoms with E-state index >= 15 is 0 Å². The molecule has 0 saturated carbocycles. The van der Waals surface area contributed by atoms with Gasteiger partial charge in [-0.3, -0.25) is 4.79 Å².